The van der Waals surface area contributed by atoms with Crippen LogP contribution in [0.15, 0.2) is 48.8 Å². The van der Waals surface area contributed by atoms with Gasteiger partial charge in [-0.1, -0.05) is 30.3 Å². The van der Waals surface area contributed by atoms with Crippen molar-refractivity contribution in [2.75, 3.05) is 26.4 Å². The molecule has 1 fully saturated rings. The molecule has 5 nitrogen and oxygen atoms in total. The van der Waals surface area contributed by atoms with Crippen LogP contribution in [-0.2, 0) is 16.0 Å². The molecule has 2 N–H and O–H groups in total. The number of carbonyl (C=O) groups excluding carboxylic acids is 1. The molecule has 1 aromatic heterocycles. The zero-order valence-electron chi connectivity index (χ0n) is 15.0. The third kappa shape index (κ3) is 4.48. The second-order valence-electron chi connectivity index (χ2n) is 6.84. The summed E-state index contributed by atoms with van der Waals surface area (Å²) in [7, 11) is 0. The molecule has 0 saturated carbocycles. The maximum atomic E-state index is 12.8. The maximum Gasteiger partial charge on any atom is 0.226 e. The summed E-state index contributed by atoms with van der Waals surface area (Å²) in [6.07, 6.45) is 6.35. The summed E-state index contributed by atoms with van der Waals surface area (Å²) < 4.78 is 5.49. The van der Waals surface area contributed by atoms with Crippen LogP contribution in [-0.4, -0.2) is 42.4 Å². The van der Waals surface area contributed by atoms with E-state index in [9.17, 15) is 4.79 Å². The van der Waals surface area contributed by atoms with Crippen LogP contribution < -0.4 is 5.32 Å². The van der Waals surface area contributed by atoms with Crippen LogP contribution in [0.5, 0.6) is 0 Å². The minimum atomic E-state index is -0.427. The smallest absolute Gasteiger partial charge is 0.226 e. The summed E-state index contributed by atoms with van der Waals surface area (Å²) in [6.45, 7) is 1.83. The zero-order chi connectivity index (χ0) is 18.2. The van der Waals surface area contributed by atoms with Crippen LogP contribution in [0.2, 0.25) is 0 Å². The van der Waals surface area contributed by atoms with Crippen molar-refractivity contribution < 1.29 is 14.6 Å². The van der Waals surface area contributed by atoms with Gasteiger partial charge in [-0.15, -0.1) is 0 Å². The van der Waals surface area contributed by atoms with Gasteiger partial charge in [-0.3, -0.25) is 9.78 Å². The van der Waals surface area contributed by atoms with Crippen molar-refractivity contribution in [2.24, 2.45) is 5.41 Å². The second-order valence-corrected chi connectivity index (χ2v) is 6.84. The highest BCUT2D eigenvalue weighted by molar-refractivity contribution is 5.83. The van der Waals surface area contributed by atoms with E-state index < -0.39 is 5.41 Å². The number of nitrogens with zero attached hydrogens (tertiary/aromatic N) is 1. The first-order valence-electron chi connectivity index (χ1n) is 9.20. The Labute approximate surface area is 154 Å². The number of pyridine rings is 1. The molecule has 5 heteroatoms. The van der Waals surface area contributed by atoms with Gasteiger partial charge in [-0.25, -0.2) is 0 Å². The van der Waals surface area contributed by atoms with E-state index in [1.165, 1.54) is 0 Å². The molecule has 3 rings (SSSR count). The number of aliphatic hydroxyl groups excluding tert-OH is 1. The molecule has 2 heterocycles. The second kappa shape index (κ2) is 8.92. The fraction of sp³-hybridized carbons (Fsp3) is 0.429. The molecular weight excluding hydrogens is 328 g/mol. The van der Waals surface area contributed by atoms with Crippen LogP contribution in [0.3, 0.4) is 0 Å². The van der Waals surface area contributed by atoms with E-state index in [1.54, 1.807) is 6.20 Å². The van der Waals surface area contributed by atoms with E-state index >= 15 is 0 Å². The number of nitrogens with one attached hydrogen (secondary N) is 1. The van der Waals surface area contributed by atoms with Crippen molar-refractivity contribution in [2.45, 2.75) is 25.7 Å². The molecule has 0 spiro atoms. The predicted octanol–water partition coefficient (Wildman–Crippen LogP) is 2.59. The van der Waals surface area contributed by atoms with Crippen LogP contribution in [0.25, 0.3) is 11.1 Å². The third-order valence-electron chi connectivity index (χ3n) is 5.04. The highest BCUT2D eigenvalue weighted by Gasteiger charge is 2.39. The average Bonchev–Trinajstić information content (AvgIpc) is 2.70. The number of rotatable bonds is 7. The quantitative estimate of drug-likeness (QED) is 0.750. The van der Waals surface area contributed by atoms with E-state index in [0.29, 0.717) is 32.6 Å². The molecule has 0 radical (unpaired) electrons. The van der Waals surface area contributed by atoms with Crippen molar-refractivity contribution >= 4 is 5.91 Å². The summed E-state index contributed by atoms with van der Waals surface area (Å²) in [6, 6.07) is 12.3. The highest BCUT2D eigenvalue weighted by Crippen LogP contribution is 2.35. The van der Waals surface area contributed by atoms with Gasteiger partial charge in [0, 0.05) is 38.8 Å². The minimum Gasteiger partial charge on any atom is -0.396 e. The van der Waals surface area contributed by atoms with Crippen molar-refractivity contribution in [1.29, 1.82) is 0 Å². The number of ether oxygens (including phenoxy) is 1. The number of amides is 1. The lowest BCUT2D eigenvalue weighted by Crippen LogP contribution is -2.46. The van der Waals surface area contributed by atoms with Crippen LogP contribution >= 0.6 is 0 Å². The summed E-state index contributed by atoms with van der Waals surface area (Å²) in [5.74, 6) is 0.0746. The number of carbonyl (C=O) groups is 1. The number of hydrogen-bond acceptors (Lipinski definition) is 4. The summed E-state index contributed by atoms with van der Waals surface area (Å²) >= 11 is 0. The standard InChI is InChI=1S/C21H26N2O3/c24-12-2-11-23-20(25)21(8-13-26-14-9-21)15-17-4-6-18(7-5-17)19-3-1-10-22-16-19/h1,3-7,10,16,24H,2,8-9,11-15H2,(H,23,25). The molecule has 1 aliphatic rings. The van der Waals surface area contributed by atoms with Gasteiger partial charge in [0.25, 0.3) is 0 Å². The van der Waals surface area contributed by atoms with Crippen LogP contribution in [0.1, 0.15) is 24.8 Å². The first kappa shape index (κ1) is 18.5. The summed E-state index contributed by atoms with van der Waals surface area (Å²) in [5.41, 5.74) is 2.93. The molecule has 138 valence electrons. The molecule has 0 unspecified atom stereocenters. The Hall–Kier alpha value is -2.24. The Morgan fingerprint density at radius 3 is 2.58 bits per heavy atom. The lowest BCUT2D eigenvalue weighted by Gasteiger charge is -2.36. The van der Waals surface area contributed by atoms with Crippen LogP contribution in [0.4, 0.5) is 0 Å². The van der Waals surface area contributed by atoms with Gasteiger partial charge in [0.1, 0.15) is 0 Å². The number of aromatic nitrogens is 1. The number of hydrogen-bond donors (Lipinski definition) is 2. The predicted molar refractivity (Wildman–Crippen MR) is 101 cm³/mol. The molecule has 1 amide bonds. The molecule has 1 aromatic carbocycles. The van der Waals surface area contributed by atoms with E-state index in [2.05, 4.69) is 34.6 Å². The molecule has 0 bridgehead atoms. The van der Waals surface area contributed by atoms with Gasteiger partial charge >= 0.3 is 0 Å². The fourth-order valence-corrected chi connectivity index (χ4v) is 3.45. The number of aliphatic hydroxyl groups is 1. The molecule has 2 aromatic rings. The van der Waals surface area contributed by atoms with Crippen molar-refractivity contribution in [3.63, 3.8) is 0 Å². The molecule has 1 aliphatic heterocycles. The Kier molecular flexibility index (Phi) is 6.36. The minimum absolute atomic E-state index is 0.0746. The van der Waals surface area contributed by atoms with E-state index in [1.807, 2.05) is 18.3 Å². The van der Waals surface area contributed by atoms with E-state index in [0.717, 1.165) is 29.5 Å². The first-order chi connectivity index (χ1) is 12.7. The van der Waals surface area contributed by atoms with Gasteiger partial charge < -0.3 is 15.2 Å². The average molecular weight is 354 g/mol. The lowest BCUT2D eigenvalue weighted by molar-refractivity contribution is -0.136. The maximum absolute atomic E-state index is 12.8. The topological polar surface area (TPSA) is 71.5 Å². The molecule has 26 heavy (non-hydrogen) atoms. The Balaban J connectivity index is 1.73. The van der Waals surface area contributed by atoms with Gasteiger partial charge in [0.2, 0.25) is 5.91 Å². The third-order valence-corrected chi connectivity index (χ3v) is 5.04. The van der Waals surface area contributed by atoms with E-state index in [4.69, 9.17) is 9.84 Å². The Morgan fingerprint density at radius 2 is 1.92 bits per heavy atom. The first-order valence-corrected chi connectivity index (χ1v) is 9.20. The SMILES string of the molecule is O=C(NCCCO)C1(Cc2ccc(-c3cccnc3)cc2)CCOCC1. The van der Waals surface area contributed by atoms with Crippen molar-refractivity contribution in [1.82, 2.24) is 10.3 Å². The van der Waals surface area contributed by atoms with E-state index in [-0.39, 0.29) is 12.5 Å². The lowest BCUT2D eigenvalue weighted by atomic mass is 9.74. The summed E-state index contributed by atoms with van der Waals surface area (Å²) in [4.78, 5) is 17.0. The molecular formula is C21H26N2O3. The Bertz CT molecular complexity index is 695. The van der Waals surface area contributed by atoms with Gasteiger partial charge in [0.05, 0.1) is 5.41 Å². The monoisotopic (exact) mass is 354 g/mol. The zero-order valence-corrected chi connectivity index (χ0v) is 15.0. The highest BCUT2D eigenvalue weighted by atomic mass is 16.5. The molecule has 0 atom stereocenters. The van der Waals surface area contributed by atoms with Crippen LogP contribution in [0, 0.1) is 5.41 Å². The number of benzene rings is 1. The Morgan fingerprint density at radius 1 is 1.15 bits per heavy atom. The molecule has 1 saturated heterocycles. The van der Waals surface area contributed by atoms with Crippen molar-refractivity contribution in [3.8, 4) is 11.1 Å². The van der Waals surface area contributed by atoms with Gasteiger partial charge in [-0.2, -0.15) is 0 Å². The summed E-state index contributed by atoms with van der Waals surface area (Å²) in [5, 5.41) is 11.9. The van der Waals surface area contributed by atoms with Gasteiger partial charge in [-0.05, 0) is 48.4 Å². The van der Waals surface area contributed by atoms with Crippen molar-refractivity contribution in [3.05, 3.63) is 54.4 Å². The largest absolute Gasteiger partial charge is 0.396 e. The van der Waals surface area contributed by atoms with Gasteiger partial charge in [0.15, 0.2) is 0 Å². The normalized spacial score (nSPS) is 16.2. The fourth-order valence-electron chi connectivity index (χ4n) is 3.45. The molecule has 0 aliphatic carbocycles.